The quantitative estimate of drug-likeness (QED) is 0.680. The molecule has 0 aromatic carbocycles. The Labute approximate surface area is 90.6 Å². The van der Waals surface area contributed by atoms with E-state index in [0.29, 0.717) is 5.92 Å². The number of carbonyl (C=O) groups excluding carboxylic acids is 1. The molecule has 2 N–H and O–H groups in total. The Morgan fingerprint density at radius 1 is 1.60 bits per heavy atom. The van der Waals surface area contributed by atoms with Gasteiger partial charge in [0.25, 0.3) is 0 Å². The van der Waals surface area contributed by atoms with E-state index in [4.69, 9.17) is 5.11 Å². The van der Waals surface area contributed by atoms with Crippen LogP contribution in [0.4, 0.5) is 0 Å². The molecule has 15 heavy (non-hydrogen) atoms. The van der Waals surface area contributed by atoms with Gasteiger partial charge in [-0.05, 0) is 38.8 Å². The van der Waals surface area contributed by atoms with E-state index in [0.717, 1.165) is 32.5 Å². The summed E-state index contributed by atoms with van der Waals surface area (Å²) in [6, 6.07) is 0. The van der Waals surface area contributed by atoms with Gasteiger partial charge in [-0.15, -0.1) is 0 Å². The lowest BCUT2D eigenvalue weighted by molar-refractivity contribution is -0.127. The molecule has 2 fully saturated rings. The molecule has 1 unspecified atom stereocenters. The average molecular weight is 212 g/mol. The molecule has 0 aromatic heterocycles. The van der Waals surface area contributed by atoms with Gasteiger partial charge in [-0.25, -0.2) is 0 Å². The molecule has 1 aliphatic carbocycles. The van der Waals surface area contributed by atoms with Crippen molar-refractivity contribution in [3.05, 3.63) is 0 Å². The molecule has 4 nitrogen and oxygen atoms in total. The van der Waals surface area contributed by atoms with Crippen LogP contribution in [0.25, 0.3) is 0 Å². The van der Waals surface area contributed by atoms with E-state index in [1.54, 1.807) is 0 Å². The highest BCUT2D eigenvalue weighted by molar-refractivity contribution is 5.85. The number of hydrogen-bond donors (Lipinski definition) is 2. The summed E-state index contributed by atoms with van der Waals surface area (Å²) in [5.74, 6) is 0.646. The number of aliphatic hydroxyl groups excluding tert-OH is 1. The molecule has 0 spiro atoms. The summed E-state index contributed by atoms with van der Waals surface area (Å²) in [4.78, 5) is 14.0. The van der Waals surface area contributed by atoms with Gasteiger partial charge in [0.05, 0.1) is 12.0 Å². The summed E-state index contributed by atoms with van der Waals surface area (Å²) in [5, 5.41) is 12.1. The minimum atomic E-state index is -0.412. The van der Waals surface area contributed by atoms with Crippen molar-refractivity contribution < 1.29 is 9.90 Å². The van der Waals surface area contributed by atoms with Gasteiger partial charge in [-0.3, -0.25) is 4.79 Å². The molecule has 2 aliphatic rings. The fourth-order valence-corrected chi connectivity index (χ4v) is 2.23. The van der Waals surface area contributed by atoms with E-state index in [1.165, 1.54) is 6.42 Å². The number of nitrogens with zero attached hydrogens (tertiary/aromatic N) is 1. The highest BCUT2D eigenvalue weighted by atomic mass is 16.3. The number of amides is 1. The highest BCUT2D eigenvalue weighted by Gasteiger charge is 2.49. The van der Waals surface area contributed by atoms with Crippen molar-refractivity contribution in [3.63, 3.8) is 0 Å². The molecule has 1 aliphatic heterocycles. The number of carbonyl (C=O) groups is 1. The van der Waals surface area contributed by atoms with E-state index >= 15 is 0 Å². The van der Waals surface area contributed by atoms with Crippen molar-refractivity contribution in [1.82, 2.24) is 10.2 Å². The number of rotatable bonds is 4. The van der Waals surface area contributed by atoms with Crippen LogP contribution in [0.5, 0.6) is 0 Å². The number of likely N-dealkylation sites (tertiary alicyclic amines) is 1. The second-order valence-corrected chi connectivity index (χ2v) is 5.07. The molecule has 1 heterocycles. The molecule has 1 amide bonds. The molecule has 2 rings (SSSR count). The van der Waals surface area contributed by atoms with Crippen molar-refractivity contribution in [2.45, 2.75) is 19.3 Å². The molecule has 1 atom stereocenters. The average Bonchev–Trinajstić information content (AvgIpc) is 2.93. The summed E-state index contributed by atoms with van der Waals surface area (Å²) in [5.41, 5.74) is -0.412. The van der Waals surface area contributed by atoms with Crippen molar-refractivity contribution in [2.75, 3.05) is 33.3 Å². The Morgan fingerprint density at radius 2 is 2.33 bits per heavy atom. The van der Waals surface area contributed by atoms with Gasteiger partial charge in [0, 0.05) is 13.1 Å². The monoisotopic (exact) mass is 212 g/mol. The molecule has 0 aromatic rings. The lowest BCUT2D eigenvalue weighted by Gasteiger charge is -2.15. The highest BCUT2D eigenvalue weighted by Crippen LogP contribution is 2.45. The van der Waals surface area contributed by atoms with Crippen LogP contribution in [-0.2, 0) is 4.79 Å². The van der Waals surface area contributed by atoms with E-state index in [1.807, 2.05) is 0 Å². The van der Waals surface area contributed by atoms with Crippen molar-refractivity contribution in [2.24, 2.45) is 11.3 Å². The van der Waals surface area contributed by atoms with E-state index < -0.39 is 5.41 Å². The van der Waals surface area contributed by atoms with Crippen LogP contribution in [0.3, 0.4) is 0 Å². The maximum atomic E-state index is 11.7. The predicted molar refractivity (Wildman–Crippen MR) is 57.4 cm³/mol. The van der Waals surface area contributed by atoms with Gasteiger partial charge in [-0.2, -0.15) is 0 Å². The molecule has 0 bridgehead atoms. The van der Waals surface area contributed by atoms with Crippen molar-refractivity contribution >= 4 is 5.91 Å². The van der Waals surface area contributed by atoms with Gasteiger partial charge < -0.3 is 15.3 Å². The van der Waals surface area contributed by atoms with E-state index in [2.05, 4.69) is 17.3 Å². The lowest BCUT2D eigenvalue weighted by atomic mass is 10.1. The fourth-order valence-electron chi connectivity index (χ4n) is 2.23. The van der Waals surface area contributed by atoms with Gasteiger partial charge in [0.1, 0.15) is 0 Å². The molecule has 86 valence electrons. The summed E-state index contributed by atoms with van der Waals surface area (Å²) in [6.45, 7) is 2.98. The topological polar surface area (TPSA) is 52.6 Å². The first-order chi connectivity index (χ1) is 7.16. The first-order valence-electron chi connectivity index (χ1n) is 5.74. The third-order valence-corrected chi connectivity index (χ3v) is 3.68. The molecule has 1 saturated carbocycles. The maximum absolute atomic E-state index is 11.7. The predicted octanol–water partition coefficient (Wildman–Crippen LogP) is -0.173. The Hall–Kier alpha value is -0.610. The van der Waals surface area contributed by atoms with Crippen LogP contribution in [0, 0.1) is 11.3 Å². The van der Waals surface area contributed by atoms with Gasteiger partial charge in [0.15, 0.2) is 0 Å². The van der Waals surface area contributed by atoms with Gasteiger partial charge in [-0.1, -0.05) is 0 Å². The molecule has 4 heteroatoms. The lowest BCUT2D eigenvalue weighted by Crippen LogP contribution is -2.37. The van der Waals surface area contributed by atoms with Crippen LogP contribution in [-0.4, -0.2) is 49.2 Å². The molecular weight excluding hydrogens is 192 g/mol. The molecular formula is C11H20N2O2. The van der Waals surface area contributed by atoms with E-state index in [9.17, 15) is 4.79 Å². The van der Waals surface area contributed by atoms with Crippen LogP contribution in [0.15, 0.2) is 0 Å². The maximum Gasteiger partial charge on any atom is 0.228 e. The SMILES string of the molecule is CN1CCC(CNC(=O)C2(CO)CC2)C1. The standard InChI is InChI=1S/C11H20N2O2/c1-13-5-2-9(7-13)6-12-10(15)11(8-14)3-4-11/h9,14H,2-8H2,1H3,(H,12,15). The molecule has 1 saturated heterocycles. The molecule has 0 radical (unpaired) electrons. The first kappa shape index (κ1) is 10.9. The summed E-state index contributed by atoms with van der Waals surface area (Å²) >= 11 is 0. The zero-order chi connectivity index (χ0) is 10.9. The normalized spacial score (nSPS) is 29.1. The van der Waals surface area contributed by atoms with E-state index in [-0.39, 0.29) is 12.5 Å². The second kappa shape index (κ2) is 4.10. The van der Waals surface area contributed by atoms with Crippen molar-refractivity contribution in [1.29, 1.82) is 0 Å². The zero-order valence-corrected chi connectivity index (χ0v) is 9.33. The smallest absolute Gasteiger partial charge is 0.228 e. The fraction of sp³-hybridized carbons (Fsp3) is 0.909. The zero-order valence-electron chi connectivity index (χ0n) is 9.33. The second-order valence-electron chi connectivity index (χ2n) is 5.07. The van der Waals surface area contributed by atoms with Crippen LogP contribution in [0.1, 0.15) is 19.3 Å². The van der Waals surface area contributed by atoms with Gasteiger partial charge >= 0.3 is 0 Å². The number of aliphatic hydroxyl groups is 1. The third kappa shape index (κ3) is 2.32. The Balaban J connectivity index is 1.72. The third-order valence-electron chi connectivity index (χ3n) is 3.68. The summed E-state index contributed by atoms with van der Waals surface area (Å²) in [6.07, 6.45) is 2.86. The number of nitrogens with one attached hydrogen (secondary N) is 1. The van der Waals surface area contributed by atoms with Crippen LogP contribution < -0.4 is 5.32 Å². The minimum absolute atomic E-state index is 0.00338. The first-order valence-corrected chi connectivity index (χ1v) is 5.74. The Kier molecular flexibility index (Phi) is 2.98. The van der Waals surface area contributed by atoms with Crippen LogP contribution in [0.2, 0.25) is 0 Å². The number of hydrogen-bond acceptors (Lipinski definition) is 3. The summed E-state index contributed by atoms with van der Waals surface area (Å²) in [7, 11) is 2.11. The minimum Gasteiger partial charge on any atom is -0.395 e. The van der Waals surface area contributed by atoms with Crippen LogP contribution >= 0.6 is 0 Å². The van der Waals surface area contributed by atoms with Crippen molar-refractivity contribution in [3.8, 4) is 0 Å². The Bertz CT molecular complexity index is 251. The summed E-state index contributed by atoms with van der Waals surface area (Å²) < 4.78 is 0. The largest absolute Gasteiger partial charge is 0.395 e. The Morgan fingerprint density at radius 3 is 2.80 bits per heavy atom. The van der Waals surface area contributed by atoms with Gasteiger partial charge in [0.2, 0.25) is 5.91 Å².